The molecule has 0 aliphatic heterocycles. The number of aliphatic hydroxyl groups excluding tert-OH is 1. The number of hydrogen-bond donors (Lipinski definition) is 1. The Labute approximate surface area is 73.4 Å². The summed E-state index contributed by atoms with van der Waals surface area (Å²) in [5.74, 6) is 0. The van der Waals surface area contributed by atoms with E-state index in [2.05, 4.69) is 0 Å². The van der Waals surface area contributed by atoms with Crippen molar-refractivity contribution in [3.8, 4) is 0 Å². The van der Waals surface area contributed by atoms with Gasteiger partial charge in [0.15, 0.2) is 0 Å². The van der Waals surface area contributed by atoms with Gasteiger partial charge in [0, 0.05) is 12.7 Å². The van der Waals surface area contributed by atoms with Crippen molar-refractivity contribution in [2.75, 3.05) is 11.9 Å². The molecule has 1 rings (SSSR count). The third-order valence-electron chi connectivity index (χ3n) is 1.98. The normalized spacial score (nSPS) is 12.6. The smallest absolute Gasteiger partial charge is 0.126 e. The highest BCUT2D eigenvalue weighted by molar-refractivity contribution is 5.45. The average molecular weight is 165 g/mol. The first kappa shape index (κ1) is 9.07. The molecule has 1 atom stereocenters. The van der Waals surface area contributed by atoms with Crippen LogP contribution in [0.15, 0.2) is 30.3 Å². The van der Waals surface area contributed by atoms with Gasteiger partial charge in [0.1, 0.15) is 6.23 Å². The van der Waals surface area contributed by atoms with Crippen LogP contribution in [0, 0.1) is 0 Å². The molecule has 0 saturated heterocycles. The molecule has 0 heterocycles. The molecule has 0 aromatic heterocycles. The van der Waals surface area contributed by atoms with E-state index in [0.717, 1.165) is 12.1 Å². The third kappa shape index (κ3) is 1.98. The number of anilines is 1. The van der Waals surface area contributed by atoms with E-state index in [0.29, 0.717) is 0 Å². The van der Waals surface area contributed by atoms with E-state index < -0.39 is 0 Å². The van der Waals surface area contributed by atoms with Gasteiger partial charge in [0.25, 0.3) is 0 Å². The van der Waals surface area contributed by atoms with Crippen molar-refractivity contribution in [3.05, 3.63) is 30.3 Å². The molecule has 0 aliphatic rings. The molecule has 1 N–H and O–H groups in total. The quantitative estimate of drug-likeness (QED) is 0.691. The van der Waals surface area contributed by atoms with E-state index in [1.54, 1.807) is 0 Å². The molecule has 0 spiro atoms. The molecule has 0 bridgehead atoms. The summed E-state index contributed by atoms with van der Waals surface area (Å²) in [7, 11) is 1.89. The van der Waals surface area contributed by atoms with Crippen LogP contribution in [0.2, 0.25) is 0 Å². The summed E-state index contributed by atoms with van der Waals surface area (Å²) in [4.78, 5) is 1.86. The van der Waals surface area contributed by atoms with Gasteiger partial charge in [-0.05, 0) is 18.6 Å². The lowest BCUT2D eigenvalue weighted by molar-refractivity contribution is 0.170. The minimum Gasteiger partial charge on any atom is -0.374 e. The monoisotopic (exact) mass is 165 g/mol. The number of hydrogen-bond acceptors (Lipinski definition) is 2. The van der Waals surface area contributed by atoms with Crippen LogP contribution in [-0.4, -0.2) is 18.4 Å². The van der Waals surface area contributed by atoms with Crippen molar-refractivity contribution in [3.63, 3.8) is 0 Å². The molecule has 0 amide bonds. The average Bonchev–Trinajstić information content (AvgIpc) is 2.17. The fourth-order valence-electron chi connectivity index (χ4n) is 1.11. The number of aliphatic hydroxyl groups is 1. The largest absolute Gasteiger partial charge is 0.374 e. The first-order valence-corrected chi connectivity index (χ1v) is 4.21. The molecule has 1 aromatic carbocycles. The minimum absolute atomic E-state index is 0.382. The van der Waals surface area contributed by atoms with Crippen LogP contribution in [-0.2, 0) is 0 Å². The Morgan fingerprint density at radius 2 is 1.92 bits per heavy atom. The molecule has 0 fully saturated rings. The lowest BCUT2D eigenvalue weighted by atomic mass is 10.3. The SMILES string of the molecule is CCC(O)N(C)c1ccccc1. The molecule has 12 heavy (non-hydrogen) atoms. The van der Waals surface area contributed by atoms with Crippen LogP contribution >= 0.6 is 0 Å². The molecule has 0 aliphatic carbocycles. The highest BCUT2D eigenvalue weighted by Crippen LogP contribution is 2.13. The van der Waals surface area contributed by atoms with Crippen LogP contribution in [0.25, 0.3) is 0 Å². The van der Waals surface area contributed by atoms with Crippen LogP contribution in [0.3, 0.4) is 0 Å². The molecule has 2 heteroatoms. The summed E-state index contributed by atoms with van der Waals surface area (Å²) >= 11 is 0. The highest BCUT2D eigenvalue weighted by atomic mass is 16.3. The minimum atomic E-state index is -0.382. The van der Waals surface area contributed by atoms with Crippen molar-refractivity contribution in [2.24, 2.45) is 0 Å². The maximum Gasteiger partial charge on any atom is 0.126 e. The molecule has 1 unspecified atom stereocenters. The van der Waals surface area contributed by atoms with Crippen molar-refractivity contribution in [2.45, 2.75) is 19.6 Å². The Bertz CT molecular complexity index is 223. The number of benzene rings is 1. The van der Waals surface area contributed by atoms with Crippen molar-refractivity contribution in [1.82, 2.24) is 0 Å². The Balaban J connectivity index is 2.71. The molecule has 0 saturated carbocycles. The zero-order valence-electron chi connectivity index (χ0n) is 7.57. The predicted molar refractivity (Wildman–Crippen MR) is 51.1 cm³/mol. The summed E-state index contributed by atoms with van der Waals surface area (Å²) in [6.45, 7) is 1.96. The molecule has 1 aromatic rings. The first-order chi connectivity index (χ1) is 5.75. The van der Waals surface area contributed by atoms with E-state index in [1.807, 2.05) is 49.2 Å². The van der Waals surface area contributed by atoms with E-state index >= 15 is 0 Å². The van der Waals surface area contributed by atoms with Crippen LogP contribution in [0.5, 0.6) is 0 Å². The molecule has 0 radical (unpaired) electrons. The maximum absolute atomic E-state index is 9.51. The zero-order valence-corrected chi connectivity index (χ0v) is 7.57. The molecular weight excluding hydrogens is 150 g/mol. The summed E-state index contributed by atoms with van der Waals surface area (Å²) in [6, 6.07) is 9.87. The maximum atomic E-state index is 9.51. The van der Waals surface area contributed by atoms with Gasteiger partial charge in [-0.2, -0.15) is 0 Å². The van der Waals surface area contributed by atoms with Crippen molar-refractivity contribution < 1.29 is 5.11 Å². The van der Waals surface area contributed by atoms with E-state index in [9.17, 15) is 5.11 Å². The summed E-state index contributed by atoms with van der Waals surface area (Å²) in [5.41, 5.74) is 1.05. The lowest BCUT2D eigenvalue weighted by Crippen LogP contribution is -2.30. The van der Waals surface area contributed by atoms with Gasteiger partial charge in [-0.1, -0.05) is 25.1 Å². The second-order valence-electron chi connectivity index (χ2n) is 2.84. The van der Waals surface area contributed by atoms with Gasteiger partial charge in [0.05, 0.1) is 0 Å². The van der Waals surface area contributed by atoms with Crippen LogP contribution in [0.4, 0.5) is 5.69 Å². The standard InChI is InChI=1S/C10H15NO/c1-3-10(12)11(2)9-7-5-4-6-8-9/h4-8,10,12H,3H2,1-2H3. The predicted octanol–water partition coefficient (Wildman–Crippen LogP) is 1.85. The topological polar surface area (TPSA) is 23.5 Å². The fourth-order valence-corrected chi connectivity index (χ4v) is 1.11. The van der Waals surface area contributed by atoms with Crippen molar-refractivity contribution in [1.29, 1.82) is 0 Å². The Morgan fingerprint density at radius 1 is 1.33 bits per heavy atom. The second kappa shape index (κ2) is 4.12. The number of para-hydroxylation sites is 1. The molecule has 66 valence electrons. The molecular formula is C10H15NO. The van der Waals surface area contributed by atoms with Crippen molar-refractivity contribution >= 4 is 5.69 Å². The summed E-state index contributed by atoms with van der Waals surface area (Å²) in [5, 5.41) is 9.51. The highest BCUT2D eigenvalue weighted by Gasteiger charge is 2.07. The van der Waals surface area contributed by atoms with Gasteiger partial charge in [-0.15, -0.1) is 0 Å². The molecule has 2 nitrogen and oxygen atoms in total. The Hall–Kier alpha value is -1.02. The van der Waals surface area contributed by atoms with E-state index in [4.69, 9.17) is 0 Å². The number of nitrogens with zero attached hydrogens (tertiary/aromatic N) is 1. The third-order valence-corrected chi connectivity index (χ3v) is 1.98. The van der Waals surface area contributed by atoms with Gasteiger partial charge >= 0.3 is 0 Å². The number of rotatable bonds is 3. The first-order valence-electron chi connectivity index (χ1n) is 4.21. The van der Waals surface area contributed by atoms with Crippen LogP contribution < -0.4 is 4.90 Å². The second-order valence-corrected chi connectivity index (χ2v) is 2.84. The zero-order chi connectivity index (χ0) is 8.97. The summed E-state index contributed by atoms with van der Waals surface area (Å²) in [6.07, 6.45) is 0.359. The van der Waals surface area contributed by atoms with E-state index in [1.165, 1.54) is 0 Å². The van der Waals surface area contributed by atoms with Gasteiger partial charge in [-0.3, -0.25) is 0 Å². The van der Waals surface area contributed by atoms with E-state index in [-0.39, 0.29) is 6.23 Å². The van der Waals surface area contributed by atoms with Gasteiger partial charge < -0.3 is 10.0 Å². The Morgan fingerprint density at radius 3 is 2.42 bits per heavy atom. The van der Waals surface area contributed by atoms with Gasteiger partial charge in [0.2, 0.25) is 0 Å². The fraction of sp³-hybridized carbons (Fsp3) is 0.400. The lowest BCUT2D eigenvalue weighted by Gasteiger charge is -2.24. The Kier molecular flexibility index (Phi) is 3.11. The summed E-state index contributed by atoms with van der Waals surface area (Å²) < 4.78 is 0. The van der Waals surface area contributed by atoms with Gasteiger partial charge in [-0.25, -0.2) is 0 Å². The van der Waals surface area contributed by atoms with Crippen LogP contribution in [0.1, 0.15) is 13.3 Å².